The number of halogens is 3. The minimum absolute atomic E-state index is 0.0982. The summed E-state index contributed by atoms with van der Waals surface area (Å²) in [4.78, 5) is 11.5. The molecule has 5 nitrogen and oxygen atoms in total. The van der Waals surface area contributed by atoms with Gasteiger partial charge in [-0.15, -0.1) is 0 Å². The summed E-state index contributed by atoms with van der Waals surface area (Å²) in [6.45, 7) is 13.8. The fourth-order valence-corrected chi connectivity index (χ4v) is 4.36. The van der Waals surface area contributed by atoms with E-state index in [4.69, 9.17) is 44.0 Å². The molecule has 1 amide bonds. The number of hydrogen-bond donors (Lipinski definition) is 1. The molecule has 0 aromatic heterocycles. The second-order valence-corrected chi connectivity index (χ2v) is 14.8. The van der Waals surface area contributed by atoms with Crippen LogP contribution in [0.2, 0.25) is 33.2 Å². The van der Waals surface area contributed by atoms with Crippen molar-refractivity contribution in [2.75, 3.05) is 13.2 Å². The molecular weight excluding hydrogens is 463 g/mol. The van der Waals surface area contributed by atoms with E-state index in [9.17, 15) is 4.79 Å². The summed E-state index contributed by atoms with van der Waals surface area (Å²) < 4.78 is 11.8. The maximum Gasteiger partial charge on any atom is 0.240 e. The number of hydrogen-bond acceptors (Lipinski definition) is 4. The van der Waals surface area contributed by atoms with Crippen LogP contribution in [0.4, 0.5) is 0 Å². The van der Waals surface area contributed by atoms with Gasteiger partial charge in [-0.05, 0) is 30.3 Å². The zero-order valence-electron chi connectivity index (χ0n) is 18.2. The first-order valence-electron chi connectivity index (χ1n) is 9.81. The van der Waals surface area contributed by atoms with Gasteiger partial charge in [0.1, 0.15) is 11.6 Å². The van der Waals surface area contributed by atoms with Crippen LogP contribution in [0, 0.1) is 5.92 Å². The van der Waals surface area contributed by atoms with Crippen molar-refractivity contribution in [3.63, 3.8) is 0 Å². The fourth-order valence-electron chi connectivity index (χ4n) is 2.62. The Bertz CT molecular complexity index is 864. The molecule has 2 rings (SSSR count). The van der Waals surface area contributed by atoms with Crippen LogP contribution in [-0.2, 0) is 9.22 Å². The first kappa shape index (κ1) is 25.2. The van der Waals surface area contributed by atoms with Crippen molar-refractivity contribution in [1.29, 1.82) is 0 Å². The number of nitrogens with one attached hydrogen (secondary N) is 1. The Morgan fingerprint density at radius 1 is 1.20 bits per heavy atom. The van der Waals surface area contributed by atoms with Gasteiger partial charge >= 0.3 is 0 Å². The smallest absolute Gasteiger partial charge is 0.240 e. The minimum Gasteiger partial charge on any atom is -0.486 e. The molecule has 1 atom stereocenters. The van der Waals surface area contributed by atoms with Crippen molar-refractivity contribution >= 4 is 54.7 Å². The molecule has 166 valence electrons. The topological polar surface area (TPSA) is 59.9 Å². The van der Waals surface area contributed by atoms with Crippen LogP contribution in [0.15, 0.2) is 23.3 Å². The maximum atomic E-state index is 11.5. The molecule has 0 spiro atoms. The maximum absolute atomic E-state index is 11.5. The zero-order chi connectivity index (χ0) is 22.7. The number of carbonyl (C=O) groups is 1. The number of amides is 1. The molecule has 1 aromatic carbocycles. The Balaban J connectivity index is 2.04. The summed E-state index contributed by atoms with van der Waals surface area (Å²) in [5.41, 5.74) is 3.69. The highest BCUT2D eigenvalue weighted by Gasteiger charge is 2.36. The molecule has 1 N–H and O–H groups in total. The predicted molar refractivity (Wildman–Crippen MR) is 128 cm³/mol. The van der Waals surface area contributed by atoms with E-state index < -0.39 is 8.32 Å². The molecule has 9 heteroatoms. The van der Waals surface area contributed by atoms with E-state index >= 15 is 0 Å². The summed E-state index contributed by atoms with van der Waals surface area (Å²) in [6.07, 6.45) is 4.12. The Hall–Kier alpha value is -1.05. The van der Waals surface area contributed by atoms with Crippen molar-refractivity contribution in [1.82, 2.24) is 5.43 Å². The molecule has 30 heavy (non-hydrogen) atoms. The van der Waals surface area contributed by atoms with Crippen molar-refractivity contribution in [3.8, 4) is 5.75 Å². The van der Waals surface area contributed by atoms with Crippen LogP contribution in [0.1, 0.15) is 39.7 Å². The van der Waals surface area contributed by atoms with Gasteiger partial charge in [0.05, 0.1) is 22.4 Å². The highest BCUT2D eigenvalue weighted by atomic mass is 35.5. The second-order valence-electron chi connectivity index (χ2n) is 8.85. The summed E-state index contributed by atoms with van der Waals surface area (Å²) in [5.74, 6) is 0.0815. The zero-order valence-corrected chi connectivity index (χ0v) is 21.5. The van der Waals surface area contributed by atoms with Gasteiger partial charge in [0.15, 0.2) is 14.1 Å². The third-order valence-electron chi connectivity index (χ3n) is 5.49. The van der Waals surface area contributed by atoms with E-state index in [1.807, 2.05) is 19.1 Å². The first-order chi connectivity index (χ1) is 13.8. The molecule has 1 aliphatic rings. The van der Waals surface area contributed by atoms with Crippen LogP contribution >= 0.6 is 34.8 Å². The van der Waals surface area contributed by atoms with Crippen LogP contribution in [0.5, 0.6) is 5.75 Å². The largest absolute Gasteiger partial charge is 0.486 e. The van der Waals surface area contributed by atoms with E-state index in [0.29, 0.717) is 40.1 Å². The summed E-state index contributed by atoms with van der Waals surface area (Å²) in [6, 6.07) is 1.67. The average molecular weight is 492 g/mol. The normalized spacial score (nSPS) is 17.8. The van der Waals surface area contributed by atoms with E-state index in [1.54, 1.807) is 6.07 Å². The Morgan fingerprint density at radius 3 is 2.43 bits per heavy atom. The molecule has 1 aliphatic heterocycles. The number of carbonyl (C=O) groups excluding carboxylic acids is 1. The quantitative estimate of drug-likeness (QED) is 0.270. The summed E-state index contributed by atoms with van der Waals surface area (Å²) in [5, 5.41) is 5.13. The van der Waals surface area contributed by atoms with Crippen molar-refractivity contribution in [2.45, 2.75) is 52.2 Å². The van der Waals surface area contributed by atoms with Crippen LogP contribution in [0.25, 0.3) is 0 Å². The lowest BCUT2D eigenvalue weighted by atomic mass is 9.94. The van der Waals surface area contributed by atoms with E-state index in [0.717, 1.165) is 0 Å². The van der Waals surface area contributed by atoms with Crippen LogP contribution < -0.4 is 10.2 Å². The highest BCUT2D eigenvalue weighted by molar-refractivity contribution is 6.74. The average Bonchev–Trinajstić information content (AvgIpc) is 2.63. The van der Waals surface area contributed by atoms with Gasteiger partial charge in [-0.25, -0.2) is 5.43 Å². The van der Waals surface area contributed by atoms with E-state index in [1.165, 1.54) is 0 Å². The lowest BCUT2D eigenvalue weighted by Crippen LogP contribution is -2.40. The van der Waals surface area contributed by atoms with Crippen molar-refractivity contribution in [3.05, 3.63) is 38.8 Å². The van der Waals surface area contributed by atoms with Crippen LogP contribution in [0.3, 0.4) is 0 Å². The van der Waals surface area contributed by atoms with Gasteiger partial charge in [-0.1, -0.05) is 68.6 Å². The molecule has 0 saturated carbocycles. The first-order valence-corrected chi connectivity index (χ1v) is 13.9. The van der Waals surface area contributed by atoms with Crippen LogP contribution in [-0.4, -0.2) is 33.2 Å². The van der Waals surface area contributed by atoms with Gasteiger partial charge in [-0.2, -0.15) is 5.10 Å². The van der Waals surface area contributed by atoms with Gasteiger partial charge in [0.25, 0.3) is 0 Å². The van der Waals surface area contributed by atoms with Gasteiger partial charge in [-0.3, -0.25) is 4.79 Å². The number of rotatable bonds is 7. The number of nitrogens with zero attached hydrogens (tertiary/aromatic N) is 1. The lowest BCUT2D eigenvalue weighted by molar-refractivity contribution is -0.121. The summed E-state index contributed by atoms with van der Waals surface area (Å²) in [7, 11) is -1.78. The Kier molecular flexibility index (Phi) is 8.44. The van der Waals surface area contributed by atoms with E-state index in [-0.39, 0.29) is 28.5 Å². The number of hydrazone groups is 1. The second kappa shape index (κ2) is 10.0. The lowest BCUT2D eigenvalue weighted by Gasteiger charge is -2.35. The van der Waals surface area contributed by atoms with E-state index in [2.05, 4.69) is 44.4 Å². The van der Waals surface area contributed by atoms with Crippen molar-refractivity contribution < 1.29 is 14.0 Å². The molecule has 0 aliphatic carbocycles. The Labute approximate surface area is 194 Å². The molecule has 1 aromatic rings. The Morgan fingerprint density at radius 2 is 1.83 bits per heavy atom. The van der Waals surface area contributed by atoms with Crippen molar-refractivity contribution in [2.24, 2.45) is 11.0 Å². The third-order valence-corrected chi connectivity index (χ3v) is 11.1. The standard InChI is InChI=1S/C21H29Cl3N2O3Si/c1-13-11-16(27)25-26-19(13)14-12-15(22)20(18(24)17(14)23)28-9-7-8-10-29-30(5,6)21(2,3)4/h7-8,12-13H,9-11H2,1-6H3,(H,25,27)/b8-7-. The third kappa shape index (κ3) is 6.01. The number of benzene rings is 1. The SMILES string of the molecule is CC1CC(=O)NN=C1c1cc(Cl)c(OC/C=C\CO[Si](C)(C)C(C)(C)C)c(Cl)c1Cl. The molecule has 0 saturated heterocycles. The molecule has 1 heterocycles. The molecule has 0 fully saturated rings. The van der Waals surface area contributed by atoms with Gasteiger partial charge < -0.3 is 9.16 Å². The highest BCUT2D eigenvalue weighted by Crippen LogP contribution is 2.42. The molecule has 0 radical (unpaired) electrons. The van der Waals surface area contributed by atoms with Gasteiger partial charge in [0, 0.05) is 17.9 Å². The summed E-state index contributed by atoms with van der Waals surface area (Å²) >= 11 is 19.3. The monoisotopic (exact) mass is 490 g/mol. The number of ether oxygens (including phenoxy) is 1. The molecular formula is C21H29Cl3N2O3Si. The molecule has 1 unspecified atom stereocenters. The van der Waals surface area contributed by atoms with Gasteiger partial charge in [0.2, 0.25) is 5.91 Å². The molecule has 0 bridgehead atoms. The minimum atomic E-state index is -1.78. The predicted octanol–water partition coefficient (Wildman–Crippen LogP) is 6.46. The fraction of sp³-hybridized carbons (Fsp3) is 0.524.